The van der Waals surface area contributed by atoms with Crippen molar-refractivity contribution in [2.75, 3.05) is 0 Å². The molecule has 0 spiro atoms. The zero-order valence-electron chi connectivity index (χ0n) is 6.00. The highest BCUT2D eigenvalue weighted by molar-refractivity contribution is 14.1. The summed E-state index contributed by atoms with van der Waals surface area (Å²) in [5, 5.41) is 0. The Bertz CT molecular complexity index is 214. The molecule has 1 aliphatic rings. The molecule has 3 heteroatoms. The molecular formula is C7H9IN2. The lowest BCUT2D eigenvalue weighted by Gasteiger charge is -2.09. The fourth-order valence-electron chi connectivity index (χ4n) is 0.586. The van der Waals surface area contributed by atoms with Crippen LogP contribution in [0, 0.1) is 5.41 Å². The van der Waals surface area contributed by atoms with Crippen molar-refractivity contribution in [1.29, 1.82) is 0 Å². The van der Waals surface area contributed by atoms with Crippen LogP contribution < -0.4 is 0 Å². The van der Waals surface area contributed by atoms with Gasteiger partial charge in [0.2, 0.25) is 0 Å². The van der Waals surface area contributed by atoms with Gasteiger partial charge in [0.15, 0.2) is 0 Å². The molecular weight excluding hydrogens is 239 g/mol. The minimum atomic E-state index is 0.00339. The summed E-state index contributed by atoms with van der Waals surface area (Å²) < 4.78 is 0.930. The lowest BCUT2D eigenvalue weighted by Crippen LogP contribution is -2.13. The third kappa shape index (κ3) is 2.21. The Kier molecular flexibility index (Phi) is 2.23. The molecule has 0 bridgehead atoms. The molecule has 0 aromatic carbocycles. The van der Waals surface area contributed by atoms with Crippen molar-refractivity contribution in [3.8, 4) is 0 Å². The van der Waals surface area contributed by atoms with E-state index in [1.54, 1.807) is 6.20 Å². The first-order valence-electron chi connectivity index (χ1n) is 3.05. The lowest BCUT2D eigenvalue weighted by molar-refractivity contribution is 0.767. The minimum Gasteiger partial charge on any atom is -0.265 e. The number of halogens is 1. The molecule has 0 aromatic rings. The maximum Gasteiger partial charge on any atom is 0.119 e. The molecule has 0 atom stereocenters. The van der Waals surface area contributed by atoms with Crippen LogP contribution in [0.15, 0.2) is 19.9 Å². The van der Waals surface area contributed by atoms with E-state index in [2.05, 4.69) is 46.4 Å². The first kappa shape index (κ1) is 7.91. The Morgan fingerprint density at radius 1 is 1.40 bits per heavy atom. The normalized spacial score (nSPS) is 22.1. The molecule has 54 valence electrons. The van der Waals surface area contributed by atoms with Crippen LogP contribution in [0.4, 0.5) is 0 Å². The van der Waals surface area contributed by atoms with E-state index in [9.17, 15) is 0 Å². The van der Waals surface area contributed by atoms with Gasteiger partial charge in [0.05, 0.1) is 6.20 Å². The highest BCUT2D eigenvalue weighted by atomic mass is 127. The smallest absolute Gasteiger partial charge is 0.119 e. The molecule has 0 aliphatic carbocycles. The highest BCUT2D eigenvalue weighted by Gasteiger charge is 2.11. The van der Waals surface area contributed by atoms with Gasteiger partial charge in [0, 0.05) is 17.8 Å². The van der Waals surface area contributed by atoms with Crippen LogP contribution in [0.5, 0.6) is 0 Å². The molecule has 0 saturated heterocycles. The first-order valence-corrected chi connectivity index (χ1v) is 4.13. The Labute approximate surface area is 74.3 Å². The maximum atomic E-state index is 4.17. The van der Waals surface area contributed by atoms with E-state index in [-0.39, 0.29) is 5.41 Å². The Balaban J connectivity index is 2.88. The van der Waals surface area contributed by atoms with Gasteiger partial charge in [-0.1, -0.05) is 0 Å². The van der Waals surface area contributed by atoms with Crippen LogP contribution >= 0.6 is 22.6 Å². The van der Waals surface area contributed by atoms with Crippen molar-refractivity contribution < 1.29 is 0 Å². The second-order valence-corrected chi connectivity index (χ2v) is 3.91. The third-order valence-electron chi connectivity index (χ3n) is 1.11. The highest BCUT2D eigenvalue weighted by Crippen LogP contribution is 2.16. The van der Waals surface area contributed by atoms with Gasteiger partial charge >= 0.3 is 0 Å². The van der Waals surface area contributed by atoms with Gasteiger partial charge in [0.25, 0.3) is 0 Å². The topological polar surface area (TPSA) is 24.7 Å². The van der Waals surface area contributed by atoms with Crippen molar-refractivity contribution >= 4 is 35.0 Å². The average molecular weight is 248 g/mol. The van der Waals surface area contributed by atoms with Gasteiger partial charge in [-0.25, -0.2) is 0 Å². The standard InChI is InChI=1S/C7H9IN2/c1-7(2)4-9-3-6(8)10-5-7/h3-5H,1-2H3. The summed E-state index contributed by atoms with van der Waals surface area (Å²) >= 11 is 2.15. The van der Waals surface area contributed by atoms with Crippen LogP contribution in [0.3, 0.4) is 0 Å². The number of hydrogen-bond acceptors (Lipinski definition) is 2. The van der Waals surface area contributed by atoms with Crippen molar-refractivity contribution in [3.63, 3.8) is 0 Å². The molecule has 1 rings (SSSR count). The van der Waals surface area contributed by atoms with Crippen molar-refractivity contribution in [2.45, 2.75) is 13.8 Å². The molecule has 0 radical (unpaired) electrons. The summed E-state index contributed by atoms with van der Waals surface area (Å²) in [4.78, 5) is 8.26. The SMILES string of the molecule is CC1(C)C=NC=C(I)N=C1. The molecule has 0 saturated carbocycles. The summed E-state index contributed by atoms with van der Waals surface area (Å²) in [6.45, 7) is 4.14. The average Bonchev–Trinajstić information content (AvgIpc) is 1.94. The molecule has 0 unspecified atom stereocenters. The van der Waals surface area contributed by atoms with E-state index in [4.69, 9.17) is 0 Å². The Morgan fingerprint density at radius 3 is 2.80 bits per heavy atom. The molecule has 0 aromatic heterocycles. The van der Waals surface area contributed by atoms with Crippen LogP contribution in [0.1, 0.15) is 13.8 Å². The van der Waals surface area contributed by atoms with E-state index in [1.807, 2.05) is 12.4 Å². The maximum absolute atomic E-state index is 4.17. The summed E-state index contributed by atoms with van der Waals surface area (Å²) in [6.07, 6.45) is 5.55. The number of rotatable bonds is 0. The van der Waals surface area contributed by atoms with Crippen molar-refractivity contribution in [3.05, 3.63) is 9.90 Å². The second-order valence-electron chi connectivity index (χ2n) is 2.81. The summed E-state index contributed by atoms with van der Waals surface area (Å²) in [7, 11) is 0. The van der Waals surface area contributed by atoms with Crippen molar-refractivity contribution in [1.82, 2.24) is 0 Å². The van der Waals surface area contributed by atoms with Gasteiger partial charge < -0.3 is 0 Å². The molecule has 2 nitrogen and oxygen atoms in total. The summed E-state index contributed by atoms with van der Waals surface area (Å²) in [5.74, 6) is 0. The molecule has 0 amide bonds. The monoisotopic (exact) mass is 248 g/mol. The number of aliphatic imine (C=N–C) groups is 2. The van der Waals surface area contributed by atoms with E-state index >= 15 is 0 Å². The Morgan fingerprint density at radius 2 is 2.10 bits per heavy atom. The fourth-order valence-corrected chi connectivity index (χ4v) is 0.886. The largest absolute Gasteiger partial charge is 0.265 e. The molecule has 0 N–H and O–H groups in total. The van der Waals surface area contributed by atoms with Gasteiger partial charge in [-0.2, -0.15) is 0 Å². The third-order valence-corrected chi connectivity index (χ3v) is 1.67. The van der Waals surface area contributed by atoms with E-state index in [1.165, 1.54) is 0 Å². The molecule has 1 aliphatic heterocycles. The molecule has 0 fully saturated rings. The van der Waals surface area contributed by atoms with E-state index < -0.39 is 0 Å². The van der Waals surface area contributed by atoms with Crippen LogP contribution in [0.25, 0.3) is 0 Å². The summed E-state index contributed by atoms with van der Waals surface area (Å²) in [6, 6.07) is 0. The van der Waals surface area contributed by atoms with Crippen LogP contribution in [0.2, 0.25) is 0 Å². The zero-order valence-corrected chi connectivity index (χ0v) is 8.16. The Hall–Kier alpha value is -0.190. The van der Waals surface area contributed by atoms with Gasteiger partial charge in [-0.05, 0) is 36.4 Å². The van der Waals surface area contributed by atoms with Crippen LogP contribution in [-0.2, 0) is 0 Å². The van der Waals surface area contributed by atoms with E-state index in [0.717, 1.165) is 3.70 Å². The fraction of sp³-hybridized carbons (Fsp3) is 0.429. The van der Waals surface area contributed by atoms with Crippen molar-refractivity contribution in [2.24, 2.45) is 15.4 Å². The zero-order chi connectivity index (χ0) is 7.61. The predicted octanol–water partition coefficient (Wildman–Crippen LogP) is 2.40. The lowest BCUT2D eigenvalue weighted by atomic mass is 9.98. The minimum absolute atomic E-state index is 0.00339. The quantitative estimate of drug-likeness (QED) is 0.464. The predicted molar refractivity (Wildman–Crippen MR) is 52.9 cm³/mol. The molecule has 10 heavy (non-hydrogen) atoms. The van der Waals surface area contributed by atoms with Gasteiger partial charge in [0.1, 0.15) is 3.70 Å². The van der Waals surface area contributed by atoms with Crippen LogP contribution in [-0.4, -0.2) is 12.4 Å². The second kappa shape index (κ2) is 2.82. The van der Waals surface area contributed by atoms with Gasteiger partial charge in [-0.15, -0.1) is 0 Å². The summed E-state index contributed by atoms with van der Waals surface area (Å²) in [5.41, 5.74) is 0.00339. The number of nitrogens with zero attached hydrogens (tertiary/aromatic N) is 2. The molecule has 1 heterocycles. The van der Waals surface area contributed by atoms with E-state index in [0.29, 0.717) is 0 Å². The van der Waals surface area contributed by atoms with Gasteiger partial charge in [-0.3, -0.25) is 9.98 Å². The number of hydrogen-bond donors (Lipinski definition) is 0. The first-order chi connectivity index (χ1) is 4.60.